The molecule has 1 rings (SSSR count). The summed E-state index contributed by atoms with van der Waals surface area (Å²) in [7, 11) is 0. The number of rotatable bonds is 68. The van der Waals surface area contributed by atoms with E-state index in [0.717, 1.165) is 70.6 Å². The number of ether oxygens (including phenoxy) is 3. The quantitative estimate of drug-likeness (QED) is 0.0195. The minimum atomic E-state index is -1.62. The Morgan fingerprint density at radius 1 is 0.429 bits per heavy atom. The Balaban J connectivity index is 2.52. The lowest BCUT2D eigenvalue weighted by Gasteiger charge is -2.41. The van der Waals surface area contributed by atoms with Gasteiger partial charge in [-0.3, -0.25) is 9.59 Å². The molecule has 8 atom stereocenters. The Hall–Kier alpha value is -2.64. The molecule has 11 nitrogen and oxygen atoms in total. The lowest BCUT2D eigenvalue weighted by atomic mass is 9.99. The molecule has 11 heteroatoms. The molecule has 1 fully saturated rings. The van der Waals surface area contributed by atoms with Crippen LogP contribution in [0.25, 0.3) is 0 Å². The van der Waals surface area contributed by atoms with E-state index in [1.54, 1.807) is 6.08 Å². The number of hydrogen-bond acceptors (Lipinski definition) is 10. The van der Waals surface area contributed by atoms with Gasteiger partial charge >= 0.3 is 5.97 Å². The molecule has 1 aliphatic heterocycles. The maximum absolute atomic E-state index is 13.5. The molecule has 1 saturated heterocycles. The maximum atomic E-state index is 13.5. The molecule has 0 aromatic carbocycles. The van der Waals surface area contributed by atoms with Crippen molar-refractivity contribution in [3.63, 3.8) is 0 Å². The fourth-order valence-corrected chi connectivity index (χ4v) is 12.2. The fraction of sp³-hybridized carbons (Fsp3) is 0.850. The summed E-state index contributed by atoms with van der Waals surface area (Å²) in [6.45, 7) is 5.82. The maximum Gasteiger partial charge on any atom is 0.306 e. The number of unbranched alkanes of at least 4 members (excludes halogenated alkanes) is 46. The highest BCUT2D eigenvalue weighted by molar-refractivity contribution is 5.80. The number of aliphatic hydroxyl groups is 5. The molecule has 0 spiro atoms. The summed E-state index contributed by atoms with van der Waals surface area (Å²) in [6, 6.07) is -1.03. The van der Waals surface area contributed by atoms with Gasteiger partial charge in [0.1, 0.15) is 24.4 Å². The third-order valence-corrected chi connectivity index (χ3v) is 18.4. The van der Waals surface area contributed by atoms with Crippen LogP contribution in [0.3, 0.4) is 0 Å². The molecule has 1 aliphatic rings. The first-order valence-electron chi connectivity index (χ1n) is 39.1. The second-order valence-electron chi connectivity index (χ2n) is 27.1. The summed E-state index contributed by atoms with van der Waals surface area (Å²) in [5.74, 6) is -1.18. The zero-order valence-corrected chi connectivity index (χ0v) is 59.5. The molecular formula is C80H147NO10. The molecule has 91 heavy (non-hydrogen) atoms. The van der Waals surface area contributed by atoms with Gasteiger partial charge in [0.15, 0.2) is 12.4 Å². The Bertz CT molecular complexity index is 1720. The van der Waals surface area contributed by atoms with Crippen molar-refractivity contribution in [3.05, 3.63) is 60.8 Å². The minimum Gasteiger partial charge on any atom is -0.454 e. The van der Waals surface area contributed by atoms with Crippen LogP contribution in [0.4, 0.5) is 0 Å². The first-order chi connectivity index (χ1) is 44.7. The molecule has 0 bridgehead atoms. The number of hydrogen-bond donors (Lipinski definition) is 6. The monoisotopic (exact) mass is 1280 g/mol. The van der Waals surface area contributed by atoms with Crippen molar-refractivity contribution in [3.8, 4) is 0 Å². The predicted octanol–water partition coefficient (Wildman–Crippen LogP) is 20.9. The van der Waals surface area contributed by atoms with Gasteiger partial charge in [-0.1, -0.05) is 338 Å². The van der Waals surface area contributed by atoms with Crippen LogP contribution in [0.5, 0.6) is 0 Å². The minimum absolute atomic E-state index is 0.124. The van der Waals surface area contributed by atoms with E-state index in [9.17, 15) is 35.1 Å². The van der Waals surface area contributed by atoms with Crippen LogP contribution < -0.4 is 5.32 Å². The van der Waals surface area contributed by atoms with E-state index in [1.807, 2.05) is 6.08 Å². The molecule has 1 heterocycles. The number of amides is 1. The standard InChI is InChI=1S/C80H147NO10/c1-4-7-10-13-16-19-22-25-27-29-31-33-35-36-37-38-39-41-43-45-47-50-53-56-59-62-65-68-75(85)91-78-77(87)76(86)74(69-82)90-80(78)89-70-71(72(83)66-63-60-57-54-51-48-24-21-18-15-12-9-6-3)81-79(88)73(84)67-64-61-58-55-52-49-46-44-42-40-34-32-30-28-26-23-20-17-14-11-8-5-2/h16,19,25-28,31,33,63,66,71-74,76-78,80,82-84,86-87H,4-15,17-18,20-24,29-30,32,34-62,64-65,67-70H2,1-3H3,(H,81,88)/b19-16-,27-25-,28-26+,33-31-,66-63+. The van der Waals surface area contributed by atoms with E-state index in [-0.39, 0.29) is 13.0 Å². The Morgan fingerprint density at radius 2 is 0.758 bits per heavy atom. The van der Waals surface area contributed by atoms with Crippen LogP contribution in [0.15, 0.2) is 60.8 Å². The molecule has 6 N–H and O–H groups in total. The van der Waals surface area contributed by atoms with E-state index < -0.39 is 67.4 Å². The topological polar surface area (TPSA) is 175 Å². The van der Waals surface area contributed by atoms with Crippen molar-refractivity contribution >= 4 is 11.9 Å². The van der Waals surface area contributed by atoms with Crippen LogP contribution in [0.2, 0.25) is 0 Å². The molecule has 0 radical (unpaired) electrons. The molecule has 0 aromatic heterocycles. The van der Waals surface area contributed by atoms with Crippen LogP contribution in [-0.4, -0.2) is 99.6 Å². The lowest BCUT2D eigenvalue weighted by molar-refractivity contribution is -0.305. The Morgan fingerprint density at radius 3 is 1.16 bits per heavy atom. The van der Waals surface area contributed by atoms with Gasteiger partial charge in [-0.15, -0.1) is 0 Å². The summed E-state index contributed by atoms with van der Waals surface area (Å²) in [6.07, 6.45) is 76.9. The molecular weight excluding hydrogens is 1130 g/mol. The van der Waals surface area contributed by atoms with Crippen molar-refractivity contribution in [1.82, 2.24) is 5.32 Å². The average Bonchev–Trinajstić information content (AvgIpc) is 1.11. The fourth-order valence-electron chi connectivity index (χ4n) is 12.2. The number of aliphatic hydroxyl groups excluding tert-OH is 5. The van der Waals surface area contributed by atoms with Crippen molar-refractivity contribution < 1.29 is 49.3 Å². The van der Waals surface area contributed by atoms with Gasteiger partial charge in [0.2, 0.25) is 5.91 Å². The lowest BCUT2D eigenvalue weighted by Crippen LogP contribution is -2.61. The van der Waals surface area contributed by atoms with E-state index in [4.69, 9.17) is 14.2 Å². The van der Waals surface area contributed by atoms with Crippen LogP contribution >= 0.6 is 0 Å². The largest absolute Gasteiger partial charge is 0.454 e. The zero-order chi connectivity index (χ0) is 66.0. The smallest absolute Gasteiger partial charge is 0.306 e. The molecule has 0 saturated carbocycles. The van der Waals surface area contributed by atoms with Gasteiger partial charge in [0, 0.05) is 6.42 Å². The molecule has 0 aliphatic carbocycles. The number of allylic oxidation sites excluding steroid dienone is 9. The Labute approximate surface area is 560 Å². The first kappa shape index (κ1) is 86.4. The highest BCUT2D eigenvalue weighted by Crippen LogP contribution is 2.27. The number of carbonyl (C=O) groups is 2. The van der Waals surface area contributed by atoms with Crippen molar-refractivity contribution in [2.45, 2.75) is 423 Å². The highest BCUT2D eigenvalue weighted by atomic mass is 16.7. The average molecular weight is 1280 g/mol. The highest BCUT2D eigenvalue weighted by Gasteiger charge is 2.47. The SMILES string of the molecule is CCCCC/C=C\C/C=C\C/C=C\CCCCCCCCCCCCCCCCC(=O)OC1C(OCC(NC(=O)C(O)CCCCCCCCCCCCCC/C=C/CCCCCCCC)C(O)/C=C/CCCCCCCCCCCCC)OC(CO)C(O)C1O. The van der Waals surface area contributed by atoms with Gasteiger partial charge in [-0.2, -0.15) is 0 Å². The first-order valence-corrected chi connectivity index (χ1v) is 39.1. The van der Waals surface area contributed by atoms with Gasteiger partial charge in [-0.25, -0.2) is 0 Å². The number of carbonyl (C=O) groups excluding carboxylic acids is 2. The third-order valence-electron chi connectivity index (χ3n) is 18.4. The van der Waals surface area contributed by atoms with Gasteiger partial charge < -0.3 is 45.1 Å². The molecule has 0 aromatic rings. The van der Waals surface area contributed by atoms with Crippen LogP contribution in [-0.2, 0) is 23.8 Å². The van der Waals surface area contributed by atoms with E-state index >= 15 is 0 Å². The number of esters is 1. The summed E-state index contributed by atoms with van der Waals surface area (Å²) >= 11 is 0. The van der Waals surface area contributed by atoms with E-state index in [2.05, 4.69) is 74.7 Å². The van der Waals surface area contributed by atoms with E-state index in [0.29, 0.717) is 19.3 Å². The summed E-state index contributed by atoms with van der Waals surface area (Å²) < 4.78 is 17.8. The van der Waals surface area contributed by atoms with Crippen molar-refractivity contribution in [2.75, 3.05) is 13.2 Å². The van der Waals surface area contributed by atoms with Gasteiger partial charge in [0.25, 0.3) is 0 Å². The normalized spacial score (nSPS) is 18.3. The molecule has 8 unspecified atom stereocenters. The molecule has 1 amide bonds. The summed E-state index contributed by atoms with van der Waals surface area (Å²) in [5, 5.41) is 57.4. The Kier molecular flexibility index (Phi) is 63.9. The van der Waals surface area contributed by atoms with Gasteiger partial charge in [-0.05, 0) is 89.9 Å². The van der Waals surface area contributed by atoms with Gasteiger partial charge in [0.05, 0.1) is 25.4 Å². The predicted molar refractivity (Wildman–Crippen MR) is 384 cm³/mol. The third kappa shape index (κ3) is 54.2. The van der Waals surface area contributed by atoms with Crippen LogP contribution in [0, 0.1) is 0 Å². The van der Waals surface area contributed by atoms with Crippen molar-refractivity contribution in [1.29, 1.82) is 0 Å². The van der Waals surface area contributed by atoms with Crippen molar-refractivity contribution in [2.24, 2.45) is 0 Å². The summed E-state index contributed by atoms with van der Waals surface area (Å²) in [4.78, 5) is 26.8. The van der Waals surface area contributed by atoms with Crippen LogP contribution in [0.1, 0.15) is 374 Å². The second-order valence-corrected chi connectivity index (χ2v) is 27.1. The summed E-state index contributed by atoms with van der Waals surface area (Å²) in [5.41, 5.74) is 0. The second kappa shape index (κ2) is 67.3. The van der Waals surface area contributed by atoms with E-state index in [1.165, 1.54) is 257 Å². The molecule has 532 valence electrons. The zero-order valence-electron chi connectivity index (χ0n) is 59.5. The number of nitrogens with one attached hydrogen (secondary N) is 1.